The summed E-state index contributed by atoms with van der Waals surface area (Å²) in [7, 11) is 6.54. The van der Waals surface area contributed by atoms with Gasteiger partial charge in [-0.15, -0.1) is 0 Å². The van der Waals surface area contributed by atoms with Gasteiger partial charge in [-0.3, -0.25) is 0 Å². The molecule has 6 heteroatoms. The van der Waals surface area contributed by atoms with E-state index in [9.17, 15) is 0 Å². The van der Waals surface area contributed by atoms with Crippen molar-refractivity contribution < 1.29 is 9.47 Å². The number of anilines is 2. The molecule has 0 radical (unpaired) electrons. The van der Waals surface area contributed by atoms with Gasteiger partial charge in [0.05, 0.1) is 25.6 Å². The van der Waals surface area contributed by atoms with E-state index in [1.165, 1.54) is 0 Å². The second kappa shape index (κ2) is 9.94. The summed E-state index contributed by atoms with van der Waals surface area (Å²) < 4.78 is 10.5. The molecule has 0 heterocycles. The number of hydrogen-bond acceptors (Lipinski definition) is 6. The van der Waals surface area contributed by atoms with Crippen LogP contribution in [0.5, 0.6) is 11.5 Å². The van der Waals surface area contributed by atoms with Crippen LogP contribution in [0.15, 0.2) is 94.7 Å². The highest BCUT2D eigenvalue weighted by atomic mass is 33.1. The molecule has 0 aliphatic carbocycles. The van der Waals surface area contributed by atoms with Gasteiger partial charge in [0.25, 0.3) is 0 Å². The minimum Gasteiger partial charge on any atom is -0.497 e. The molecule has 0 aliphatic heterocycles. The molecule has 0 bridgehead atoms. The highest BCUT2D eigenvalue weighted by Crippen LogP contribution is 2.46. The first-order valence-electron chi connectivity index (χ1n) is 10.0. The molecule has 0 saturated carbocycles. The predicted octanol–water partition coefficient (Wildman–Crippen LogP) is 7.00. The smallest absolute Gasteiger partial charge is 0.118 e. The molecule has 4 nitrogen and oxygen atoms in total. The zero-order valence-corrected chi connectivity index (χ0v) is 19.5. The van der Waals surface area contributed by atoms with E-state index >= 15 is 0 Å². The summed E-state index contributed by atoms with van der Waals surface area (Å²) in [5.74, 6) is 1.64. The normalized spacial score (nSPS) is 10.7. The Morgan fingerprint density at radius 1 is 0.531 bits per heavy atom. The van der Waals surface area contributed by atoms with E-state index < -0.39 is 0 Å². The van der Waals surface area contributed by atoms with Crippen LogP contribution in [0, 0.1) is 0 Å². The average molecular weight is 461 g/mol. The van der Waals surface area contributed by atoms with Crippen LogP contribution in [0.1, 0.15) is 0 Å². The van der Waals surface area contributed by atoms with Gasteiger partial charge in [0.1, 0.15) is 11.5 Å². The Bertz CT molecular complexity index is 1110. The zero-order valence-electron chi connectivity index (χ0n) is 17.9. The van der Waals surface area contributed by atoms with Crippen molar-refractivity contribution in [3.63, 3.8) is 0 Å². The summed E-state index contributed by atoms with van der Waals surface area (Å²) >= 11 is 0. The molecule has 162 valence electrons. The van der Waals surface area contributed by atoms with Gasteiger partial charge in [0, 0.05) is 20.9 Å². The molecule has 0 fully saturated rings. The quantitative estimate of drug-likeness (QED) is 0.228. The summed E-state index contributed by atoms with van der Waals surface area (Å²) in [6.45, 7) is 0. The van der Waals surface area contributed by atoms with Gasteiger partial charge in [-0.2, -0.15) is 0 Å². The standard InChI is InChI=1S/C26H24N2O2S2/c1-29-19-13-9-17(10-14-19)21-5-3-7-23(25(21)27)31-32-24-8-4-6-22(26(24)28)18-11-15-20(30-2)16-12-18/h3-16H,27-28H2,1-2H3. The van der Waals surface area contributed by atoms with Gasteiger partial charge in [0.15, 0.2) is 0 Å². The molecule has 0 aliphatic rings. The van der Waals surface area contributed by atoms with Crippen molar-refractivity contribution in [2.75, 3.05) is 25.7 Å². The summed E-state index contributed by atoms with van der Waals surface area (Å²) in [5, 5.41) is 0. The van der Waals surface area contributed by atoms with Crippen LogP contribution >= 0.6 is 21.6 Å². The Morgan fingerprint density at radius 3 is 1.25 bits per heavy atom. The third kappa shape index (κ3) is 4.66. The Labute approximate surface area is 196 Å². The maximum absolute atomic E-state index is 6.53. The van der Waals surface area contributed by atoms with Gasteiger partial charge >= 0.3 is 0 Å². The van der Waals surface area contributed by atoms with E-state index in [4.69, 9.17) is 20.9 Å². The molecular formula is C26H24N2O2S2. The second-order valence-corrected chi connectivity index (χ2v) is 9.27. The van der Waals surface area contributed by atoms with Crippen LogP contribution in [0.25, 0.3) is 22.3 Å². The average Bonchev–Trinajstić information content (AvgIpc) is 2.84. The van der Waals surface area contributed by atoms with E-state index in [1.54, 1.807) is 35.8 Å². The van der Waals surface area contributed by atoms with Gasteiger partial charge in [-0.1, -0.05) is 70.1 Å². The third-order valence-corrected chi connectivity index (χ3v) is 7.64. The predicted molar refractivity (Wildman–Crippen MR) is 137 cm³/mol. The number of nitrogen functional groups attached to an aromatic ring is 2. The summed E-state index contributed by atoms with van der Waals surface area (Å²) in [5.41, 5.74) is 18.7. The molecule has 0 saturated heterocycles. The molecule has 4 aromatic rings. The van der Waals surface area contributed by atoms with Crippen molar-refractivity contribution in [1.82, 2.24) is 0 Å². The van der Waals surface area contributed by atoms with Crippen molar-refractivity contribution in [2.45, 2.75) is 9.79 Å². The number of para-hydroxylation sites is 2. The third-order valence-electron chi connectivity index (χ3n) is 5.16. The number of rotatable bonds is 7. The van der Waals surface area contributed by atoms with E-state index in [1.807, 2.05) is 84.9 Å². The van der Waals surface area contributed by atoms with Crippen molar-refractivity contribution >= 4 is 33.0 Å². The number of nitrogens with two attached hydrogens (primary N) is 2. The number of benzene rings is 4. The molecule has 0 spiro atoms. The molecule has 4 rings (SSSR count). The Kier molecular flexibility index (Phi) is 6.83. The fourth-order valence-electron chi connectivity index (χ4n) is 3.37. The van der Waals surface area contributed by atoms with Crippen molar-refractivity contribution in [2.24, 2.45) is 0 Å². The largest absolute Gasteiger partial charge is 0.497 e. The summed E-state index contributed by atoms with van der Waals surface area (Å²) in [6.07, 6.45) is 0. The lowest BCUT2D eigenvalue weighted by Crippen LogP contribution is -1.94. The van der Waals surface area contributed by atoms with Gasteiger partial charge in [0.2, 0.25) is 0 Å². The Morgan fingerprint density at radius 2 is 0.906 bits per heavy atom. The maximum atomic E-state index is 6.53. The van der Waals surface area contributed by atoms with E-state index in [0.717, 1.165) is 54.9 Å². The molecule has 0 amide bonds. The Balaban J connectivity index is 1.56. The SMILES string of the molecule is COc1ccc(-c2cccc(SSc3cccc(-c4ccc(OC)cc4)c3N)c2N)cc1. The van der Waals surface area contributed by atoms with Crippen LogP contribution in [0.4, 0.5) is 11.4 Å². The monoisotopic (exact) mass is 460 g/mol. The van der Waals surface area contributed by atoms with Crippen LogP contribution in [0.3, 0.4) is 0 Å². The Hall–Kier alpha value is -3.22. The van der Waals surface area contributed by atoms with Crippen molar-refractivity contribution in [1.29, 1.82) is 0 Å². The van der Waals surface area contributed by atoms with Crippen LogP contribution in [-0.2, 0) is 0 Å². The first-order valence-corrected chi connectivity index (χ1v) is 12.2. The second-order valence-electron chi connectivity index (χ2n) is 7.06. The molecule has 0 atom stereocenters. The lowest BCUT2D eigenvalue weighted by atomic mass is 10.0. The molecule has 0 aromatic heterocycles. The molecule has 32 heavy (non-hydrogen) atoms. The first kappa shape index (κ1) is 22.0. The van der Waals surface area contributed by atoms with E-state index in [-0.39, 0.29) is 0 Å². The first-order chi connectivity index (χ1) is 15.6. The number of ether oxygens (including phenoxy) is 2. The number of methoxy groups -OCH3 is 2. The topological polar surface area (TPSA) is 70.5 Å². The van der Waals surface area contributed by atoms with E-state index in [0.29, 0.717) is 0 Å². The van der Waals surface area contributed by atoms with Gasteiger partial charge < -0.3 is 20.9 Å². The lowest BCUT2D eigenvalue weighted by Gasteiger charge is -2.13. The minimum atomic E-state index is 0.750. The van der Waals surface area contributed by atoms with E-state index in [2.05, 4.69) is 0 Å². The summed E-state index contributed by atoms with van der Waals surface area (Å²) in [4.78, 5) is 2.00. The lowest BCUT2D eigenvalue weighted by molar-refractivity contribution is 0.415. The highest BCUT2D eigenvalue weighted by molar-refractivity contribution is 8.76. The summed E-state index contributed by atoms with van der Waals surface area (Å²) in [6, 6.07) is 28.0. The zero-order chi connectivity index (χ0) is 22.5. The fourth-order valence-corrected chi connectivity index (χ4v) is 5.63. The molecular weight excluding hydrogens is 436 g/mol. The highest BCUT2D eigenvalue weighted by Gasteiger charge is 2.12. The van der Waals surface area contributed by atoms with Crippen molar-refractivity contribution in [3.05, 3.63) is 84.9 Å². The van der Waals surface area contributed by atoms with Crippen molar-refractivity contribution in [3.8, 4) is 33.8 Å². The van der Waals surface area contributed by atoms with Gasteiger partial charge in [-0.25, -0.2) is 0 Å². The van der Waals surface area contributed by atoms with Crippen LogP contribution < -0.4 is 20.9 Å². The molecule has 4 N–H and O–H groups in total. The molecule has 4 aromatic carbocycles. The van der Waals surface area contributed by atoms with Gasteiger partial charge in [-0.05, 0) is 47.5 Å². The molecule has 0 unspecified atom stereocenters. The van der Waals surface area contributed by atoms with Crippen LogP contribution in [-0.4, -0.2) is 14.2 Å². The maximum Gasteiger partial charge on any atom is 0.118 e. The minimum absolute atomic E-state index is 0.750. The van der Waals surface area contributed by atoms with Crippen LogP contribution in [0.2, 0.25) is 0 Å². The number of hydrogen-bond donors (Lipinski definition) is 2. The fraction of sp³-hybridized carbons (Fsp3) is 0.0769.